The molecule has 7 heteroatoms. The lowest BCUT2D eigenvalue weighted by Gasteiger charge is -2.10. The summed E-state index contributed by atoms with van der Waals surface area (Å²) in [6.07, 6.45) is 0.618. The summed E-state index contributed by atoms with van der Waals surface area (Å²) in [5, 5.41) is 4.44. The number of hydrogen-bond acceptors (Lipinski definition) is 5. The van der Waals surface area contributed by atoms with Gasteiger partial charge in [-0.1, -0.05) is 17.7 Å². The van der Waals surface area contributed by atoms with Crippen molar-refractivity contribution in [3.63, 3.8) is 0 Å². The molecule has 6 nitrogen and oxygen atoms in total. The molecule has 0 radical (unpaired) electrons. The number of methoxy groups -OCH3 is 2. The van der Waals surface area contributed by atoms with Crippen molar-refractivity contribution in [2.75, 3.05) is 20.8 Å². The number of rotatable bonds is 6. The third-order valence-electron chi connectivity index (χ3n) is 5.04. The fraction of sp³-hybridized carbons (Fsp3) is 0.217. The highest BCUT2D eigenvalue weighted by Gasteiger charge is 2.15. The van der Waals surface area contributed by atoms with Crippen LogP contribution >= 0.6 is 11.3 Å². The van der Waals surface area contributed by atoms with Crippen LogP contribution in [0.1, 0.15) is 20.8 Å². The van der Waals surface area contributed by atoms with Crippen molar-refractivity contribution in [3.8, 4) is 11.5 Å². The Bertz CT molecular complexity index is 1310. The minimum atomic E-state index is -0.191. The SMILES string of the molecule is COc1ccc(CCNC(=O)c2cc3c(=O)[nH]c4ccc(C)cc4c3s2)c(OC)c1. The zero-order valence-corrected chi connectivity index (χ0v) is 17.8. The van der Waals surface area contributed by atoms with E-state index in [1.165, 1.54) is 11.3 Å². The molecule has 0 aliphatic carbocycles. The van der Waals surface area contributed by atoms with E-state index < -0.39 is 0 Å². The summed E-state index contributed by atoms with van der Waals surface area (Å²) >= 11 is 1.34. The molecule has 0 saturated carbocycles. The first-order valence-corrected chi connectivity index (χ1v) is 10.4. The summed E-state index contributed by atoms with van der Waals surface area (Å²) in [5.41, 5.74) is 2.68. The Hall–Kier alpha value is -3.32. The van der Waals surface area contributed by atoms with Gasteiger partial charge in [-0.25, -0.2) is 0 Å². The molecule has 0 unspecified atom stereocenters. The molecule has 2 N–H and O–H groups in total. The maximum Gasteiger partial charge on any atom is 0.261 e. The van der Waals surface area contributed by atoms with Gasteiger partial charge >= 0.3 is 0 Å². The number of pyridine rings is 1. The fourth-order valence-corrected chi connectivity index (χ4v) is 4.57. The standard InChI is InChI=1S/C23H22N2O4S/c1-13-4-7-18-16(10-13)21-17(22(26)25-18)12-20(30-21)23(27)24-9-8-14-5-6-15(28-2)11-19(14)29-3/h4-7,10-12H,8-9H2,1-3H3,(H,24,27)(H,25,26). The van der Waals surface area contributed by atoms with E-state index in [1.54, 1.807) is 20.3 Å². The number of aromatic amines is 1. The largest absolute Gasteiger partial charge is 0.497 e. The number of hydrogen-bond donors (Lipinski definition) is 2. The van der Waals surface area contributed by atoms with E-state index in [4.69, 9.17) is 9.47 Å². The first kappa shape index (κ1) is 20.0. The number of carbonyl (C=O) groups excluding carboxylic acids is 1. The van der Waals surface area contributed by atoms with E-state index in [9.17, 15) is 9.59 Å². The number of thiophene rings is 1. The third-order valence-corrected chi connectivity index (χ3v) is 6.21. The molecule has 0 aliphatic heterocycles. The molecule has 1 amide bonds. The van der Waals surface area contributed by atoms with Gasteiger partial charge in [0.15, 0.2) is 0 Å². The summed E-state index contributed by atoms with van der Waals surface area (Å²) in [4.78, 5) is 28.6. The molecule has 2 aromatic carbocycles. The van der Waals surface area contributed by atoms with E-state index in [2.05, 4.69) is 10.3 Å². The number of H-pyrrole nitrogens is 1. The molecule has 4 rings (SSSR count). The number of carbonyl (C=O) groups is 1. The van der Waals surface area contributed by atoms with Gasteiger partial charge in [0.2, 0.25) is 0 Å². The highest BCUT2D eigenvalue weighted by Crippen LogP contribution is 2.30. The molecular formula is C23H22N2O4S. The first-order chi connectivity index (χ1) is 14.5. The summed E-state index contributed by atoms with van der Waals surface area (Å²) in [7, 11) is 3.22. The average molecular weight is 423 g/mol. The molecule has 0 aliphatic rings. The summed E-state index contributed by atoms with van der Waals surface area (Å²) in [5.74, 6) is 1.25. The zero-order valence-electron chi connectivity index (χ0n) is 17.0. The second-order valence-electron chi connectivity index (χ2n) is 7.04. The third kappa shape index (κ3) is 3.76. The number of aromatic nitrogens is 1. The van der Waals surface area contributed by atoms with Crippen LogP contribution < -0.4 is 20.3 Å². The van der Waals surface area contributed by atoms with E-state index in [0.717, 1.165) is 38.2 Å². The Kier molecular flexibility index (Phi) is 5.46. The maximum atomic E-state index is 12.7. The van der Waals surface area contributed by atoms with E-state index in [-0.39, 0.29) is 11.5 Å². The average Bonchev–Trinajstić information content (AvgIpc) is 3.21. The smallest absolute Gasteiger partial charge is 0.261 e. The first-order valence-electron chi connectivity index (χ1n) is 9.55. The van der Waals surface area contributed by atoms with Crippen molar-refractivity contribution in [1.82, 2.24) is 10.3 Å². The molecule has 2 aromatic heterocycles. The van der Waals surface area contributed by atoms with Gasteiger partial charge in [0.25, 0.3) is 11.5 Å². The molecule has 2 heterocycles. The summed E-state index contributed by atoms with van der Waals surface area (Å²) < 4.78 is 11.4. The lowest BCUT2D eigenvalue weighted by atomic mass is 10.1. The molecule has 0 bridgehead atoms. The number of amides is 1. The highest BCUT2D eigenvalue weighted by molar-refractivity contribution is 7.21. The molecule has 0 atom stereocenters. The van der Waals surface area contributed by atoms with E-state index >= 15 is 0 Å². The van der Waals surface area contributed by atoms with E-state index in [0.29, 0.717) is 23.2 Å². The highest BCUT2D eigenvalue weighted by atomic mass is 32.1. The molecular weight excluding hydrogens is 400 g/mol. The van der Waals surface area contributed by atoms with Crippen LogP contribution in [0.4, 0.5) is 0 Å². The lowest BCUT2D eigenvalue weighted by Crippen LogP contribution is -2.25. The Morgan fingerprint density at radius 1 is 1.07 bits per heavy atom. The van der Waals surface area contributed by atoms with Gasteiger partial charge < -0.3 is 19.8 Å². The number of fused-ring (bicyclic) bond motifs is 3. The van der Waals surface area contributed by atoms with Crippen LogP contribution in [0.3, 0.4) is 0 Å². The summed E-state index contributed by atoms with van der Waals surface area (Å²) in [6, 6.07) is 13.2. The van der Waals surface area contributed by atoms with Gasteiger partial charge in [0, 0.05) is 28.2 Å². The number of benzene rings is 2. The number of ether oxygens (including phenoxy) is 2. The molecule has 0 saturated heterocycles. The van der Waals surface area contributed by atoms with Crippen molar-refractivity contribution in [2.24, 2.45) is 0 Å². The molecule has 4 aromatic rings. The van der Waals surface area contributed by atoms with Gasteiger partial charge in [-0.2, -0.15) is 0 Å². The number of nitrogens with one attached hydrogen (secondary N) is 2. The van der Waals surface area contributed by atoms with Crippen molar-refractivity contribution in [1.29, 1.82) is 0 Å². The van der Waals surface area contributed by atoms with Crippen LogP contribution in [0, 0.1) is 6.92 Å². The zero-order chi connectivity index (χ0) is 21.3. The quantitative estimate of drug-likeness (QED) is 0.491. The van der Waals surface area contributed by atoms with Gasteiger partial charge in [-0.15, -0.1) is 11.3 Å². The van der Waals surface area contributed by atoms with Crippen molar-refractivity contribution < 1.29 is 14.3 Å². The van der Waals surface area contributed by atoms with Crippen LogP contribution in [0.25, 0.3) is 21.0 Å². The van der Waals surface area contributed by atoms with Crippen LogP contribution in [-0.2, 0) is 6.42 Å². The molecule has 154 valence electrons. The molecule has 0 fully saturated rings. The Labute approximate surface area is 177 Å². The van der Waals surface area contributed by atoms with Crippen LogP contribution in [0.5, 0.6) is 11.5 Å². The second-order valence-corrected chi connectivity index (χ2v) is 8.09. The monoisotopic (exact) mass is 422 g/mol. The Morgan fingerprint density at radius 3 is 2.67 bits per heavy atom. The van der Waals surface area contributed by atoms with Crippen LogP contribution in [0.2, 0.25) is 0 Å². The second kappa shape index (κ2) is 8.20. The number of aryl methyl sites for hydroxylation is 1. The van der Waals surface area contributed by atoms with Crippen molar-refractivity contribution in [3.05, 3.63) is 68.8 Å². The predicted octanol–water partition coefficient (Wildman–Crippen LogP) is 4.04. The van der Waals surface area contributed by atoms with Gasteiger partial charge in [-0.3, -0.25) is 9.59 Å². The van der Waals surface area contributed by atoms with Gasteiger partial charge in [0.05, 0.1) is 24.5 Å². The van der Waals surface area contributed by atoms with Crippen LogP contribution in [-0.4, -0.2) is 31.7 Å². The van der Waals surface area contributed by atoms with Gasteiger partial charge in [0.1, 0.15) is 11.5 Å². The predicted molar refractivity (Wildman–Crippen MR) is 120 cm³/mol. The topological polar surface area (TPSA) is 80.4 Å². The van der Waals surface area contributed by atoms with Crippen molar-refractivity contribution in [2.45, 2.75) is 13.3 Å². The molecule has 0 spiro atoms. The Balaban J connectivity index is 1.54. The van der Waals surface area contributed by atoms with Crippen LogP contribution in [0.15, 0.2) is 47.3 Å². The Morgan fingerprint density at radius 2 is 1.90 bits per heavy atom. The van der Waals surface area contributed by atoms with Crippen molar-refractivity contribution >= 4 is 38.2 Å². The lowest BCUT2D eigenvalue weighted by molar-refractivity contribution is 0.0958. The maximum absolute atomic E-state index is 12.7. The van der Waals surface area contributed by atoms with Gasteiger partial charge in [-0.05, 0) is 43.2 Å². The minimum Gasteiger partial charge on any atom is -0.497 e. The molecule has 30 heavy (non-hydrogen) atoms. The minimum absolute atomic E-state index is 0.181. The van der Waals surface area contributed by atoms with E-state index in [1.807, 2.05) is 43.3 Å². The summed E-state index contributed by atoms with van der Waals surface area (Å²) in [6.45, 7) is 2.46. The fourth-order valence-electron chi connectivity index (χ4n) is 3.47. The normalized spacial score (nSPS) is 11.0.